The summed E-state index contributed by atoms with van der Waals surface area (Å²) in [5.74, 6) is 0.829. The Bertz CT molecular complexity index is 2390. The third-order valence-corrected chi connectivity index (χ3v) is 7.00. The van der Waals surface area contributed by atoms with Crippen molar-refractivity contribution >= 4 is 39.9 Å². The van der Waals surface area contributed by atoms with E-state index in [4.69, 9.17) is 20.3 Å². The maximum atomic E-state index is 13.8. The molecule has 0 bridgehead atoms. The van der Waals surface area contributed by atoms with Crippen molar-refractivity contribution in [3.05, 3.63) is 112 Å². The van der Waals surface area contributed by atoms with Crippen LogP contribution in [0.4, 0.5) is 22.0 Å². The van der Waals surface area contributed by atoms with Crippen LogP contribution in [0.3, 0.4) is 0 Å². The second kappa shape index (κ2) is 12.4. The molecule has 0 aliphatic heterocycles. The predicted molar refractivity (Wildman–Crippen MR) is 168 cm³/mol. The SMILES string of the molecule is Nc1nc(-c2ccco2)c2nnn(Cc3cccc([N+](=O)[O-])c3)c2n1.Nc1nc(-c2ccco2)c2nnn(Cc3ccccc3F)c2n1. The number of nitro benzene ring substituents is 1. The predicted octanol–water partition coefficient (Wildman–Crippen LogP) is 4.27. The van der Waals surface area contributed by atoms with Crippen LogP contribution in [0.1, 0.15) is 11.1 Å². The lowest BCUT2D eigenvalue weighted by Crippen LogP contribution is -2.06. The van der Waals surface area contributed by atoms with E-state index in [1.165, 1.54) is 40.1 Å². The molecule has 17 nitrogen and oxygen atoms in total. The van der Waals surface area contributed by atoms with Crippen molar-refractivity contribution in [2.24, 2.45) is 0 Å². The van der Waals surface area contributed by atoms with E-state index in [0.717, 1.165) is 0 Å². The van der Waals surface area contributed by atoms with E-state index in [-0.39, 0.29) is 36.5 Å². The molecule has 0 unspecified atom stereocenters. The van der Waals surface area contributed by atoms with Crippen molar-refractivity contribution in [2.75, 3.05) is 11.5 Å². The number of rotatable bonds is 7. The van der Waals surface area contributed by atoms with Crippen molar-refractivity contribution in [3.63, 3.8) is 0 Å². The fraction of sp³-hybridized carbons (Fsp3) is 0.0667. The molecule has 0 amide bonds. The molecular weight excluding hydrogens is 625 g/mol. The third-order valence-electron chi connectivity index (χ3n) is 7.00. The van der Waals surface area contributed by atoms with E-state index in [1.807, 2.05) is 0 Å². The summed E-state index contributed by atoms with van der Waals surface area (Å²) in [4.78, 5) is 27.2. The number of nitro groups is 1. The summed E-state index contributed by atoms with van der Waals surface area (Å²) < 4.78 is 27.5. The first-order chi connectivity index (χ1) is 23.3. The van der Waals surface area contributed by atoms with Gasteiger partial charge in [0, 0.05) is 17.7 Å². The first-order valence-electron chi connectivity index (χ1n) is 14.1. The zero-order valence-corrected chi connectivity index (χ0v) is 24.6. The highest BCUT2D eigenvalue weighted by Gasteiger charge is 2.19. The molecule has 0 fully saturated rings. The largest absolute Gasteiger partial charge is 0.463 e. The van der Waals surface area contributed by atoms with Gasteiger partial charge in [-0.3, -0.25) is 10.1 Å². The molecule has 0 spiro atoms. The van der Waals surface area contributed by atoms with Gasteiger partial charge in [0.2, 0.25) is 11.9 Å². The van der Waals surface area contributed by atoms with Crippen LogP contribution in [0.2, 0.25) is 0 Å². The van der Waals surface area contributed by atoms with Gasteiger partial charge in [0.1, 0.15) is 17.2 Å². The normalized spacial score (nSPS) is 11.1. The lowest BCUT2D eigenvalue weighted by molar-refractivity contribution is -0.384. The average Bonchev–Trinajstić information content (AvgIpc) is 3.91. The molecule has 238 valence electrons. The Morgan fingerprint density at radius 2 is 1.31 bits per heavy atom. The van der Waals surface area contributed by atoms with Gasteiger partial charge in [-0.05, 0) is 35.9 Å². The Balaban J connectivity index is 0.000000152. The van der Waals surface area contributed by atoms with Gasteiger partial charge in [-0.2, -0.15) is 9.97 Å². The van der Waals surface area contributed by atoms with Crippen LogP contribution in [0, 0.1) is 15.9 Å². The van der Waals surface area contributed by atoms with Crippen molar-refractivity contribution in [1.29, 1.82) is 0 Å². The Morgan fingerprint density at radius 1 is 0.729 bits per heavy atom. The number of fused-ring (bicyclic) bond motifs is 2. The Morgan fingerprint density at radius 3 is 1.85 bits per heavy atom. The van der Waals surface area contributed by atoms with Crippen molar-refractivity contribution < 1.29 is 18.1 Å². The summed E-state index contributed by atoms with van der Waals surface area (Å²) in [6.07, 6.45) is 3.05. The Labute approximate surface area is 267 Å². The number of hydrogen-bond donors (Lipinski definition) is 2. The number of nitrogens with two attached hydrogens (primary N) is 2. The number of hydrogen-bond acceptors (Lipinski definition) is 14. The molecule has 0 saturated heterocycles. The minimum atomic E-state index is -0.446. The highest BCUT2D eigenvalue weighted by molar-refractivity contribution is 5.86. The fourth-order valence-corrected chi connectivity index (χ4v) is 4.86. The minimum absolute atomic E-state index is 0.00679. The smallest absolute Gasteiger partial charge is 0.269 e. The summed E-state index contributed by atoms with van der Waals surface area (Å²) >= 11 is 0. The molecule has 0 radical (unpaired) electrons. The summed E-state index contributed by atoms with van der Waals surface area (Å²) in [6.45, 7) is 0.448. The molecule has 18 heteroatoms. The van der Waals surface area contributed by atoms with Gasteiger partial charge < -0.3 is 20.3 Å². The molecule has 0 saturated carbocycles. The van der Waals surface area contributed by atoms with E-state index in [9.17, 15) is 14.5 Å². The standard InChI is InChI=1S/C15H11FN6O.C15H11N7O3/c16-10-5-2-1-4-9(10)8-22-14-13(20-21-22)12(18-15(17)19-14)11-6-3-7-23-11;16-15-17-12(11-5-2-6-25-11)13-14(18-15)21(20-19-13)8-9-3-1-4-10(7-9)22(23)24/h1-7H,8H2,(H2,17,18,19);1-7H,8H2,(H2,16,17,18). The highest BCUT2D eigenvalue weighted by Crippen LogP contribution is 2.27. The monoisotopic (exact) mass is 647 g/mol. The molecule has 48 heavy (non-hydrogen) atoms. The number of anilines is 2. The second-order valence-corrected chi connectivity index (χ2v) is 10.2. The number of nitrogen functional groups attached to an aromatic ring is 2. The third kappa shape index (κ3) is 5.83. The van der Waals surface area contributed by atoms with E-state index in [1.54, 1.807) is 54.6 Å². The number of halogens is 1. The number of benzene rings is 2. The molecule has 0 aliphatic carbocycles. The quantitative estimate of drug-likeness (QED) is 0.182. The Hall–Kier alpha value is -7.11. The van der Waals surface area contributed by atoms with Crippen LogP contribution < -0.4 is 11.5 Å². The lowest BCUT2D eigenvalue weighted by Gasteiger charge is -2.04. The molecular formula is C30H22FN13O4. The molecule has 4 N–H and O–H groups in total. The van der Waals surface area contributed by atoms with Gasteiger partial charge in [-0.25, -0.2) is 23.7 Å². The number of non-ortho nitro benzene ring substituents is 1. The van der Waals surface area contributed by atoms with Crippen molar-refractivity contribution in [1.82, 2.24) is 49.9 Å². The zero-order valence-electron chi connectivity index (χ0n) is 24.6. The topological polar surface area (TPSA) is 234 Å². The molecule has 0 aliphatic rings. The molecule has 8 aromatic rings. The minimum Gasteiger partial charge on any atom is -0.463 e. The van der Waals surface area contributed by atoms with Crippen LogP contribution in [0.15, 0.2) is 94.2 Å². The van der Waals surface area contributed by atoms with Crippen molar-refractivity contribution in [3.8, 4) is 22.9 Å². The zero-order chi connectivity index (χ0) is 33.2. The van der Waals surface area contributed by atoms with Crippen LogP contribution in [-0.4, -0.2) is 54.8 Å². The molecule has 6 heterocycles. The number of nitrogens with zero attached hydrogens (tertiary/aromatic N) is 11. The molecule has 8 rings (SSSR count). The second-order valence-electron chi connectivity index (χ2n) is 10.2. The summed E-state index contributed by atoms with van der Waals surface area (Å²) in [5.41, 5.74) is 15.4. The van der Waals surface area contributed by atoms with Gasteiger partial charge in [0.15, 0.2) is 33.8 Å². The lowest BCUT2D eigenvalue weighted by atomic mass is 10.2. The van der Waals surface area contributed by atoms with Crippen molar-refractivity contribution in [2.45, 2.75) is 13.1 Å². The molecule has 2 aromatic carbocycles. The van der Waals surface area contributed by atoms with E-state index in [2.05, 4.69) is 40.6 Å². The van der Waals surface area contributed by atoms with Gasteiger partial charge >= 0.3 is 0 Å². The van der Waals surface area contributed by atoms with E-state index in [0.29, 0.717) is 56.4 Å². The van der Waals surface area contributed by atoms with Crippen LogP contribution >= 0.6 is 0 Å². The maximum absolute atomic E-state index is 13.8. The molecule has 0 atom stereocenters. The fourth-order valence-electron chi connectivity index (χ4n) is 4.86. The van der Waals surface area contributed by atoms with Crippen LogP contribution in [-0.2, 0) is 13.1 Å². The first kappa shape index (κ1) is 29.6. The summed E-state index contributed by atoms with van der Waals surface area (Å²) in [5, 5.41) is 27.2. The van der Waals surface area contributed by atoms with Gasteiger partial charge in [0.05, 0.1) is 30.5 Å². The first-order valence-corrected chi connectivity index (χ1v) is 14.1. The molecule has 6 aromatic heterocycles. The van der Waals surface area contributed by atoms with E-state index >= 15 is 0 Å². The number of aromatic nitrogens is 10. The Kier molecular flexibility index (Phi) is 7.61. The van der Waals surface area contributed by atoms with Gasteiger partial charge in [0.25, 0.3) is 5.69 Å². The number of furan rings is 2. The van der Waals surface area contributed by atoms with Gasteiger partial charge in [-0.1, -0.05) is 40.8 Å². The van der Waals surface area contributed by atoms with E-state index < -0.39 is 4.92 Å². The maximum Gasteiger partial charge on any atom is 0.269 e. The van der Waals surface area contributed by atoms with Crippen LogP contribution in [0.5, 0.6) is 0 Å². The summed E-state index contributed by atoms with van der Waals surface area (Å²) in [7, 11) is 0. The van der Waals surface area contributed by atoms with Crippen LogP contribution in [0.25, 0.3) is 45.2 Å². The highest BCUT2D eigenvalue weighted by atomic mass is 19.1. The summed E-state index contributed by atoms with van der Waals surface area (Å²) in [6, 6.07) is 19.7. The average molecular weight is 648 g/mol. The van der Waals surface area contributed by atoms with Gasteiger partial charge in [-0.15, -0.1) is 10.2 Å².